The molecule has 1 fully saturated rings. The molecule has 1 aliphatic carbocycles. The number of halogens is 1. The molecule has 0 heterocycles. The SMILES string of the molecule is C#CCOc1ccc(Br)cc1CNC1CC1(C)C. The first-order chi connectivity index (χ1) is 8.53. The lowest BCUT2D eigenvalue weighted by Gasteiger charge is -2.12. The summed E-state index contributed by atoms with van der Waals surface area (Å²) in [5.41, 5.74) is 1.58. The first-order valence-corrected chi connectivity index (χ1v) is 6.90. The topological polar surface area (TPSA) is 21.3 Å². The molecule has 0 aliphatic heterocycles. The van der Waals surface area contributed by atoms with Crippen LogP contribution in [0.4, 0.5) is 0 Å². The number of nitrogens with one attached hydrogen (secondary N) is 1. The molecule has 2 rings (SSSR count). The van der Waals surface area contributed by atoms with E-state index in [0.717, 1.165) is 22.3 Å². The third-order valence-electron chi connectivity index (χ3n) is 3.39. The van der Waals surface area contributed by atoms with E-state index in [-0.39, 0.29) is 0 Å². The highest BCUT2D eigenvalue weighted by atomic mass is 79.9. The van der Waals surface area contributed by atoms with Crippen molar-refractivity contribution in [2.45, 2.75) is 32.9 Å². The van der Waals surface area contributed by atoms with Gasteiger partial charge >= 0.3 is 0 Å². The quantitative estimate of drug-likeness (QED) is 0.842. The fraction of sp³-hybridized carbons (Fsp3) is 0.467. The summed E-state index contributed by atoms with van der Waals surface area (Å²) in [6.07, 6.45) is 6.46. The van der Waals surface area contributed by atoms with Crippen LogP contribution in [0.1, 0.15) is 25.8 Å². The lowest BCUT2D eigenvalue weighted by Crippen LogP contribution is -2.20. The molecule has 18 heavy (non-hydrogen) atoms. The monoisotopic (exact) mass is 307 g/mol. The Balaban J connectivity index is 2.01. The molecule has 0 amide bonds. The van der Waals surface area contributed by atoms with Crippen LogP contribution in [0.5, 0.6) is 5.75 Å². The van der Waals surface area contributed by atoms with Crippen molar-refractivity contribution in [3.05, 3.63) is 28.2 Å². The molecule has 0 bridgehead atoms. The van der Waals surface area contributed by atoms with Gasteiger partial charge in [-0.2, -0.15) is 0 Å². The van der Waals surface area contributed by atoms with Crippen LogP contribution in [0.2, 0.25) is 0 Å². The summed E-state index contributed by atoms with van der Waals surface area (Å²) in [4.78, 5) is 0. The molecule has 1 aromatic rings. The highest BCUT2D eigenvalue weighted by Gasteiger charge is 2.45. The Morgan fingerprint density at radius 1 is 1.56 bits per heavy atom. The van der Waals surface area contributed by atoms with Gasteiger partial charge in [0.1, 0.15) is 12.4 Å². The molecule has 1 saturated carbocycles. The van der Waals surface area contributed by atoms with Gasteiger partial charge in [-0.1, -0.05) is 35.7 Å². The third-order valence-corrected chi connectivity index (χ3v) is 3.88. The van der Waals surface area contributed by atoms with Crippen molar-refractivity contribution in [2.75, 3.05) is 6.61 Å². The second-order valence-corrected chi connectivity index (χ2v) is 6.29. The smallest absolute Gasteiger partial charge is 0.148 e. The minimum absolute atomic E-state index is 0.309. The van der Waals surface area contributed by atoms with E-state index in [2.05, 4.69) is 47.1 Å². The fourth-order valence-corrected chi connectivity index (χ4v) is 2.40. The Bertz CT molecular complexity index is 476. The van der Waals surface area contributed by atoms with E-state index in [1.54, 1.807) is 0 Å². The van der Waals surface area contributed by atoms with Crippen molar-refractivity contribution >= 4 is 15.9 Å². The van der Waals surface area contributed by atoms with Gasteiger partial charge in [0.15, 0.2) is 0 Å². The van der Waals surface area contributed by atoms with Gasteiger partial charge in [-0.3, -0.25) is 0 Å². The largest absolute Gasteiger partial charge is 0.481 e. The van der Waals surface area contributed by atoms with Crippen LogP contribution < -0.4 is 10.1 Å². The maximum atomic E-state index is 5.55. The zero-order chi connectivity index (χ0) is 13.2. The molecule has 1 aliphatic rings. The van der Waals surface area contributed by atoms with Gasteiger partial charge in [-0.25, -0.2) is 0 Å². The van der Waals surface area contributed by atoms with E-state index >= 15 is 0 Å². The minimum atomic E-state index is 0.309. The molecule has 0 aromatic heterocycles. The third kappa shape index (κ3) is 3.28. The minimum Gasteiger partial charge on any atom is -0.481 e. The second-order valence-electron chi connectivity index (χ2n) is 5.37. The maximum absolute atomic E-state index is 5.55. The summed E-state index contributed by atoms with van der Waals surface area (Å²) in [6.45, 7) is 5.68. The van der Waals surface area contributed by atoms with Crippen LogP contribution in [-0.2, 0) is 6.54 Å². The lowest BCUT2D eigenvalue weighted by atomic mass is 10.1. The van der Waals surface area contributed by atoms with Crippen molar-refractivity contribution in [3.8, 4) is 18.1 Å². The zero-order valence-corrected chi connectivity index (χ0v) is 12.4. The van der Waals surface area contributed by atoms with Gasteiger partial charge in [0.05, 0.1) is 0 Å². The number of ether oxygens (including phenoxy) is 1. The highest BCUT2D eigenvalue weighted by Crippen LogP contribution is 2.44. The number of benzene rings is 1. The van der Waals surface area contributed by atoms with Crippen LogP contribution in [0.25, 0.3) is 0 Å². The molecular weight excluding hydrogens is 290 g/mol. The summed E-state index contributed by atoms with van der Waals surface area (Å²) < 4.78 is 6.61. The maximum Gasteiger partial charge on any atom is 0.148 e. The van der Waals surface area contributed by atoms with Crippen molar-refractivity contribution < 1.29 is 4.74 Å². The predicted octanol–water partition coefficient (Wildman–Crippen LogP) is 3.35. The van der Waals surface area contributed by atoms with Crippen molar-refractivity contribution in [2.24, 2.45) is 5.41 Å². The summed E-state index contributed by atoms with van der Waals surface area (Å²) in [5.74, 6) is 3.36. The second kappa shape index (κ2) is 5.34. The number of hydrogen-bond donors (Lipinski definition) is 1. The fourth-order valence-electron chi connectivity index (χ4n) is 2.00. The van der Waals surface area contributed by atoms with Gasteiger partial charge in [0.25, 0.3) is 0 Å². The average Bonchev–Trinajstić information content (AvgIpc) is 2.93. The van der Waals surface area contributed by atoms with Gasteiger partial charge < -0.3 is 10.1 Å². The normalized spacial score (nSPS) is 20.2. The zero-order valence-electron chi connectivity index (χ0n) is 10.8. The van der Waals surface area contributed by atoms with E-state index in [1.807, 2.05) is 12.1 Å². The molecule has 0 radical (unpaired) electrons. The molecule has 0 spiro atoms. The van der Waals surface area contributed by atoms with E-state index in [1.165, 1.54) is 6.42 Å². The van der Waals surface area contributed by atoms with Gasteiger partial charge in [0, 0.05) is 22.6 Å². The standard InChI is InChI=1S/C15H18BrNO/c1-4-7-18-13-6-5-12(16)8-11(13)10-17-14-9-15(14,2)3/h1,5-6,8,14,17H,7,9-10H2,2-3H3. The molecular formula is C15H18BrNO. The lowest BCUT2D eigenvalue weighted by molar-refractivity contribution is 0.364. The molecule has 1 aromatic carbocycles. The highest BCUT2D eigenvalue weighted by molar-refractivity contribution is 9.10. The molecule has 96 valence electrons. The summed E-state index contributed by atoms with van der Waals surface area (Å²) in [7, 11) is 0. The van der Waals surface area contributed by atoms with Crippen molar-refractivity contribution in [1.82, 2.24) is 5.32 Å². The van der Waals surface area contributed by atoms with Crippen molar-refractivity contribution in [3.63, 3.8) is 0 Å². The molecule has 1 unspecified atom stereocenters. The Morgan fingerprint density at radius 3 is 2.89 bits per heavy atom. The summed E-state index contributed by atoms with van der Waals surface area (Å²) in [6, 6.07) is 6.61. The number of hydrogen-bond acceptors (Lipinski definition) is 2. The van der Waals surface area contributed by atoms with Gasteiger partial charge in [-0.05, 0) is 30.0 Å². The Kier molecular flexibility index (Phi) is 3.99. The predicted molar refractivity (Wildman–Crippen MR) is 77.5 cm³/mol. The average molecular weight is 308 g/mol. The number of rotatable bonds is 5. The van der Waals surface area contributed by atoms with Crippen LogP contribution in [0, 0.1) is 17.8 Å². The Hall–Kier alpha value is -0.980. The van der Waals surface area contributed by atoms with E-state index in [0.29, 0.717) is 18.1 Å². The Morgan fingerprint density at radius 2 is 2.28 bits per heavy atom. The van der Waals surface area contributed by atoms with Crippen molar-refractivity contribution in [1.29, 1.82) is 0 Å². The van der Waals surface area contributed by atoms with Crippen LogP contribution in [-0.4, -0.2) is 12.6 Å². The van der Waals surface area contributed by atoms with E-state index in [4.69, 9.17) is 11.2 Å². The number of terminal acetylenes is 1. The molecule has 1 N–H and O–H groups in total. The summed E-state index contributed by atoms with van der Waals surface area (Å²) >= 11 is 3.49. The first kappa shape index (κ1) is 13.5. The van der Waals surface area contributed by atoms with Gasteiger partial charge in [0.2, 0.25) is 0 Å². The van der Waals surface area contributed by atoms with Crippen LogP contribution in [0.3, 0.4) is 0 Å². The molecule has 0 saturated heterocycles. The summed E-state index contributed by atoms with van der Waals surface area (Å²) in [5, 5.41) is 3.55. The van der Waals surface area contributed by atoms with E-state index < -0.39 is 0 Å². The molecule has 2 nitrogen and oxygen atoms in total. The van der Waals surface area contributed by atoms with Crippen LogP contribution >= 0.6 is 15.9 Å². The molecule has 3 heteroatoms. The van der Waals surface area contributed by atoms with E-state index in [9.17, 15) is 0 Å². The van der Waals surface area contributed by atoms with Gasteiger partial charge in [-0.15, -0.1) is 6.42 Å². The van der Waals surface area contributed by atoms with Crippen LogP contribution in [0.15, 0.2) is 22.7 Å². The molecule has 1 atom stereocenters. The first-order valence-electron chi connectivity index (χ1n) is 6.11. The Labute approximate surface area is 117 Å².